The van der Waals surface area contributed by atoms with Gasteiger partial charge in [-0.3, -0.25) is 19.2 Å². The lowest BCUT2D eigenvalue weighted by Crippen LogP contribution is -2.76. The number of aliphatic hydroxyl groups excluding tert-OH is 1. The van der Waals surface area contributed by atoms with Gasteiger partial charge in [0, 0.05) is 29.6 Å². The van der Waals surface area contributed by atoms with Crippen molar-refractivity contribution < 1.29 is 42.9 Å². The van der Waals surface area contributed by atoms with Crippen LogP contribution in [0.4, 0.5) is 0 Å². The maximum Gasteiger partial charge on any atom is 0.309 e. The van der Waals surface area contributed by atoms with Crippen LogP contribution in [0.25, 0.3) is 0 Å². The summed E-state index contributed by atoms with van der Waals surface area (Å²) < 4.78 is 24.7. The third kappa shape index (κ3) is 3.13. The number of hydrogen-bond acceptors (Lipinski definition) is 9. The van der Waals surface area contributed by atoms with Crippen LogP contribution in [-0.2, 0) is 33.4 Å². The van der Waals surface area contributed by atoms with E-state index in [2.05, 4.69) is 0 Å². The maximum absolute atomic E-state index is 14.7. The topological polar surface area (TPSA) is 133 Å². The molecular formula is C33H40O9. The molecule has 1 aliphatic heterocycles. The molecule has 2 unspecified atom stereocenters. The Hall–Kier alpha value is -3.20. The summed E-state index contributed by atoms with van der Waals surface area (Å²) in [5.41, 5.74) is -4.81. The van der Waals surface area contributed by atoms with Crippen LogP contribution in [0, 0.1) is 33.5 Å². The minimum atomic E-state index is -1.41. The molecule has 1 saturated heterocycles. The summed E-state index contributed by atoms with van der Waals surface area (Å²) in [6, 6.07) is 1.86. The number of Topliss-reactive ketones (excluding diaryl/α,β-unsaturated/α-hetero) is 1. The molecule has 4 aliphatic carbocycles. The lowest BCUT2D eigenvalue weighted by molar-refractivity contribution is -0.249. The number of esters is 2. The Labute approximate surface area is 245 Å². The average Bonchev–Trinajstić information content (AvgIpc) is 3.28. The monoisotopic (exact) mass is 580 g/mol. The first kappa shape index (κ1) is 28.9. The lowest BCUT2D eigenvalue weighted by atomic mass is 9.38. The molecule has 5 aliphatic rings. The zero-order valence-corrected chi connectivity index (χ0v) is 25.5. The summed E-state index contributed by atoms with van der Waals surface area (Å²) >= 11 is 0. The third-order valence-corrected chi connectivity index (χ3v) is 11.7. The molecule has 226 valence electrons. The highest BCUT2D eigenvalue weighted by atomic mass is 16.6. The van der Waals surface area contributed by atoms with Gasteiger partial charge in [0.25, 0.3) is 0 Å². The fraction of sp³-hybridized carbons (Fsp3) is 0.636. The van der Waals surface area contributed by atoms with E-state index >= 15 is 0 Å². The number of furan rings is 1. The van der Waals surface area contributed by atoms with E-state index in [1.807, 2.05) is 26.8 Å². The van der Waals surface area contributed by atoms with Crippen molar-refractivity contribution in [3.63, 3.8) is 0 Å². The molecule has 10 atom stereocenters. The van der Waals surface area contributed by atoms with E-state index in [0.29, 0.717) is 12.8 Å². The summed E-state index contributed by atoms with van der Waals surface area (Å²) in [7, 11) is 0. The van der Waals surface area contributed by atoms with Crippen molar-refractivity contribution in [2.45, 2.75) is 98.1 Å². The maximum atomic E-state index is 14.7. The van der Waals surface area contributed by atoms with E-state index in [4.69, 9.17) is 18.6 Å². The van der Waals surface area contributed by atoms with Crippen molar-refractivity contribution in [3.05, 3.63) is 47.6 Å². The molecule has 1 aromatic rings. The minimum Gasteiger partial charge on any atom is -0.504 e. The van der Waals surface area contributed by atoms with E-state index in [9.17, 15) is 24.3 Å². The lowest BCUT2D eigenvalue weighted by Gasteiger charge is -2.65. The van der Waals surface area contributed by atoms with Crippen LogP contribution in [-0.4, -0.2) is 52.5 Å². The predicted molar refractivity (Wildman–Crippen MR) is 149 cm³/mol. The molecule has 1 aromatic heterocycles. The van der Waals surface area contributed by atoms with Crippen LogP contribution in [0.3, 0.4) is 0 Å². The van der Waals surface area contributed by atoms with E-state index in [1.165, 1.54) is 13.0 Å². The van der Waals surface area contributed by atoms with Gasteiger partial charge in [0.05, 0.1) is 35.4 Å². The summed E-state index contributed by atoms with van der Waals surface area (Å²) in [6.07, 6.45) is 5.00. The third-order valence-electron chi connectivity index (χ3n) is 11.7. The molecule has 0 amide bonds. The first-order valence-corrected chi connectivity index (χ1v) is 14.8. The van der Waals surface area contributed by atoms with Crippen LogP contribution < -0.4 is 0 Å². The van der Waals surface area contributed by atoms with Crippen LogP contribution in [0.5, 0.6) is 0 Å². The van der Waals surface area contributed by atoms with Crippen molar-refractivity contribution in [1.82, 2.24) is 0 Å². The van der Waals surface area contributed by atoms with Gasteiger partial charge >= 0.3 is 11.9 Å². The molecule has 42 heavy (non-hydrogen) atoms. The summed E-state index contributed by atoms with van der Waals surface area (Å²) in [5.74, 6) is -3.80. The molecule has 1 N–H and O–H groups in total. The average molecular weight is 581 g/mol. The quantitative estimate of drug-likeness (QED) is 0.377. The summed E-state index contributed by atoms with van der Waals surface area (Å²) in [4.78, 5) is 54.3. The fourth-order valence-electron chi connectivity index (χ4n) is 9.73. The number of rotatable bonds is 5. The first-order chi connectivity index (χ1) is 19.5. The first-order valence-electron chi connectivity index (χ1n) is 14.8. The molecule has 0 aromatic carbocycles. The molecule has 9 nitrogen and oxygen atoms in total. The molecule has 6 rings (SSSR count). The smallest absolute Gasteiger partial charge is 0.309 e. The molecule has 0 bridgehead atoms. The van der Waals surface area contributed by atoms with Gasteiger partial charge in [0.2, 0.25) is 5.78 Å². The minimum absolute atomic E-state index is 0.248. The van der Waals surface area contributed by atoms with Gasteiger partial charge in [-0.1, -0.05) is 33.8 Å². The van der Waals surface area contributed by atoms with Crippen molar-refractivity contribution >= 4 is 23.5 Å². The van der Waals surface area contributed by atoms with E-state index in [-0.39, 0.29) is 23.4 Å². The summed E-state index contributed by atoms with van der Waals surface area (Å²) in [5, 5.41) is 11.7. The van der Waals surface area contributed by atoms with Crippen molar-refractivity contribution in [1.29, 1.82) is 0 Å². The van der Waals surface area contributed by atoms with E-state index < -0.39 is 74.8 Å². The number of aliphatic hydroxyl groups is 1. The van der Waals surface area contributed by atoms with Crippen molar-refractivity contribution in [2.75, 3.05) is 0 Å². The molecular weight excluding hydrogens is 540 g/mol. The number of epoxide rings is 1. The Bertz CT molecular complexity index is 1450. The number of ketones is 2. The second-order valence-electron chi connectivity index (χ2n) is 14.0. The Kier molecular flexibility index (Phi) is 5.97. The zero-order chi connectivity index (χ0) is 30.8. The highest BCUT2D eigenvalue weighted by Gasteiger charge is 2.91. The fourth-order valence-corrected chi connectivity index (χ4v) is 9.73. The van der Waals surface area contributed by atoms with Crippen molar-refractivity contribution in [2.24, 2.45) is 33.5 Å². The van der Waals surface area contributed by atoms with Gasteiger partial charge in [-0.05, 0) is 56.9 Å². The number of ether oxygens (including phenoxy) is 3. The highest BCUT2D eigenvalue weighted by molar-refractivity contribution is 6.06. The van der Waals surface area contributed by atoms with Crippen molar-refractivity contribution in [3.8, 4) is 0 Å². The van der Waals surface area contributed by atoms with Gasteiger partial charge in [-0.25, -0.2) is 0 Å². The predicted octanol–water partition coefficient (Wildman–Crippen LogP) is 5.00. The Morgan fingerprint density at radius 3 is 2.43 bits per heavy atom. The number of hydrogen-bond donors (Lipinski definition) is 1. The van der Waals surface area contributed by atoms with Crippen LogP contribution in [0.15, 0.2) is 46.5 Å². The molecule has 2 saturated carbocycles. The van der Waals surface area contributed by atoms with Crippen LogP contribution in [0.2, 0.25) is 0 Å². The van der Waals surface area contributed by atoms with Crippen LogP contribution in [0.1, 0.15) is 79.7 Å². The normalized spacial score (nSPS) is 43.6. The zero-order valence-electron chi connectivity index (χ0n) is 25.5. The molecule has 9 heteroatoms. The number of carbonyl (C=O) groups excluding carboxylic acids is 4. The standard InChI is InChI=1S/C33H40O9/c1-9-16(2)28(38)41-27-23(40-17(3)34)25-30(6)12-10-20(35)29(4,5)24(30)22(36)26(37)32(25,8)33-21(42-33)14-19(31(27,33)7)18-11-13-39-15-18/h10-13,15-16,19,21,23,25,27,36H,9,14H2,1-8H3/t16?,19-,21+,23+,25?,27-,30-,31+,32-,33+/m0/s1. The van der Waals surface area contributed by atoms with Crippen LogP contribution >= 0.6 is 0 Å². The van der Waals surface area contributed by atoms with Gasteiger partial charge in [-0.2, -0.15) is 0 Å². The Morgan fingerprint density at radius 1 is 1.14 bits per heavy atom. The largest absolute Gasteiger partial charge is 0.504 e. The second kappa shape index (κ2) is 8.68. The second-order valence-corrected chi connectivity index (χ2v) is 14.0. The number of allylic oxidation sites excluding steroid dienone is 4. The SMILES string of the molecule is CCC(C)C(=O)O[C@H]1[C@H](OC(C)=O)C2[C@@]3(C)C=CC(=O)C(C)(C)C3=C(O)C(=O)[C@@]2(C)[C@@]23O[C@@H]2C[C@@H](c2ccoc2)[C@]13C. The Morgan fingerprint density at radius 2 is 1.83 bits per heavy atom. The van der Waals surface area contributed by atoms with Gasteiger partial charge in [0.1, 0.15) is 17.8 Å². The molecule has 3 fully saturated rings. The van der Waals surface area contributed by atoms with Gasteiger partial charge < -0.3 is 23.7 Å². The number of fused-ring (bicyclic) bond motifs is 3. The molecule has 0 radical (unpaired) electrons. The van der Waals surface area contributed by atoms with Gasteiger partial charge in [-0.15, -0.1) is 0 Å². The molecule has 2 heterocycles. The van der Waals surface area contributed by atoms with E-state index in [1.54, 1.807) is 46.3 Å². The summed E-state index contributed by atoms with van der Waals surface area (Å²) in [6.45, 7) is 13.9. The molecule has 1 spiro atoms. The number of carbonyl (C=O) groups is 4. The van der Waals surface area contributed by atoms with E-state index in [0.717, 1.165) is 5.56 Å². The highest BCUT2D eigenvalue weighted by Crippen LogP contribution is 2.81. The Balaban J connectivity index is 1.67. The van der Waals surface area contributed by atoms with Gasteiger partial charge in [0.15, 0.2) is 11.5 Å².